The summed E-state index contributed by atoms with van der Waals surface area (Å²) in [6.07, 6.45) is -1.19. The number of fused-ring (bicyclic) bond motifs is 1. The lowest BCUT2D eigenvalue weighted by atomic mass is 9.59. The van der Waals surface area contributed by atoms with Gasteiger partial charge < -0.3 is 10.2 Å². The normalized spacial score (nSPS) is 21.4. The van der Waals surface area contributed by atoms with Crippen LogP contribution >= 0.6 is 0 Å². The molecule has 2 N–H and O–H groups in total. The van der Waals surface area contributed by atoms with Gasteiger partial charge in [-0.1, -0.05) is 32.4 Å². The van der Waals surface area contributed by atoms with Crippen molar-refractivity contribution in [2.75, 3.05) is 0 Å². The third-order valence-electron chi connectivity index (χ3n) is 6.94. The van der Waals surface area contributed by atoms with E-state index in [0.717, 1.165) is 53.9 Å². The maximum Gasteiger partial charge on any atom is 0.416 e. The Balaban J connectivity index is 1.78. The van der Waals surface area contributed by atoms with Crippen LogP contribution in [0.1, 0.15) is 96.9 Å². The first-order valence-electron chi connectivity index (χ1n) is 10.6. The second kappa shape index (κ2) is 7.34. The molecule has 1 heterocycles. The van der Waals surface area contributed by atoms with Crippen molar-refractivity contribution >= 4 is 0 Å². The highest BCUT2D eigenvalue weighted by atomic mass is 19.4. The minimum Gasteiger partial charge on any atom is -0.388 e. The Labute approximate surface area is 175 Å². The van der Waals surface area contributed by atoms with E-state index in [1.807, 2.05) is 20.8 Å². The van der Waals surface area contributed by atoms with Crippen LogP contribution in [0.3, 0.4) is 0 Å². The summed E-state index contributed by atoms with van der Waals surface area (Å²) >= 11 is 0. The van der Waals surface area contributed by atoms with Crippen LogP contribution in [-0.2, 0) is 12.6 Å². The van der Waals surface area contributed by atoms with Crippen LogP contribution in [0.2, 0.25) is 0 Å². The van der Waals surface area contributed by atoms with Gasteiger partial charge in [-0.25, -0.2) is 0 Å². The third-order valence-corrected chi connectivity index (χ3v) is 6.94. The Kier molecular flexibility index (Phi) is 5.22. The summed E-state index contributed by atoms with van der Waals surface area (Å²) in [5, 5.41) is 22.1. The van der Waals surface area contributed by atoms with Gasteiger partial charge in [-0.05, 0) is 67.2 Å². The molecular weight excluding hydrogens is 391 g/mol. The number of rotatable bonds is 3. The first kappa shape index (κ1) is 21.3. The fraction of sp³-hybridized carbons (Fsp3) is 0.542. The number of aliphatic hydroxyl groups excluding tert-OH is 2. The zero-order chi connectivity index (χ0) is 21.8. The molecule has 2 aliphatic rings. The molecule has 6 heteroatoms. The van der Waals surface area contributed by atoms with Gasteiger partial charge in [-0.2, -0.15) is 13.2 Å². The fourth-order valence-corrected chi connectivity index (χ4v) is 5.20. The summed E-state index contributed by atoms with van der Waals surface area (Å²) in [5.41, 5.74) is 3.65. The average molecular weight is 419 g/mol. The Morgan fingerprint density at radius 1 is 1.13 bits per heavy atom. The standard InChI is InChI=1S/C24H28F3NO2/c1-13(2)21-20(22(30)15-5-7-16(8-6-15)24(25,26)27)14(3)19-17(28-21)11-23(9-4-10-23)12-18(19)29/h5-8,13,18,22,29-30H,4,9-12H2,1-3H3/t18-,22-/m0/s1. The summed E-state index contributed by atoms with van der Waals surface area (Å²) in [7, 11) is 0. The molecule has 0 saturated heterocycles. The number of hydrogen-bond acceptors (Lipinski definition) is 3. The van der Waals surface area contributed by atoms with Crippen LogP contribution < -0.4 is 0 Å². The molecule has 1 aromatic carbocycles. The van der Waals surface area contributed by atoms with E-state index >= 15 is 0 Å². The van der Waals surface area contributed by atoms with E-state index in [4.69, 9.17) is 4.98 Å². The minimum absolute atomic E-state index is 0.0320. The molecule has 0 bridgehead atoms. The summed E-state index contributed by atoms with van der Waals surface area (Å²) in [4.78, 5) is 4.90. The van der Waals surface area contributed by atoms with Gasteiger partial charge in [0.15, 0.2) is 0 Å². The maximum absolute atomic E-state index is 12.9. The quantitative estimate of drug-likeness (QED) is 0.665. The molecule has 0 unspecified atom stereocenters. The van der Waals surface area contributed by atoms with Gasteiger partial charge in [-0.15, -0.1) is 0 Å². The lowest BCUT2D eigenvalue weighted by Gasteiger charge is -2.47. The molecule has 30 heavy (non-hydrogen) atoms. The number of aliphatic hydroxyl groups is 2. The molecule has 2 atom stereocenters. The zero-order valence-electron chi connectivity index (χ0n) is 17.6. The molecule has 0 aliphatic heterocycles. The average Bonchev–Trinajstić information content (AvgIpc) is 2.64. The van der Waals surface area contributed by atoms with Crippen molar-refractivity contribution in [3.63, 3.8) is 0 Å². The lowest BCUT2D eigenvalue weighted by Crippen LogP contribution is -2.38. The van der Waals surface area contributed by atoms with Gasteiger partial charge in [0.2, 0.25) is 0 Å². The molecular formula is C24H28F3NO2. The molecule has 3 nitrogen and oxygen atoms in total. The van der Waals surface area contributed by atoms with Crippen molar-refractivity contribution in [2.24, 2.45) is 5.41 Å². The molecule has 1 saturated carbocycles. The molecule has 1 aromatic heterocycles. The van der Waals surface area contributed by atoms with Crippen LogP contribution in [0.5, 0.6) is 0 Å². The largest absolute Gasteiger partial charge is 0.416 e. The Morgan fingerprint density at radius 3 is 2.27 bits per heavy atom. The van der Waals surface area contributed by atoms with E-state index in [0.29, 0.717) is 17.5 Å². The number of pyridine rings is 1. The second-order valence-corrected chi connectivity index (χ2v) is 9.32. The van der Waals surface area contributed by atoms with Crippen molar-refractivity contribution in [2.45, 2.75) is 77.2 Å². The van der Waals surface area contributed by atoms with Crippen LogP contribution in [0.15, 0.2) is 24.3 Å². The summed E-state index contributed by atoms with van der Waals surface area (Å²) in [6, 6.07) is 4.61. The zero-order valence-corrected chi connectivity index (χ0v) is 17.6. The van der Waals surface area contributed by atoms with Crippen molar-refractivity contribution < 1.29 is 23.4 Å². The number of hydrogen-bond donors (Lipinski definition) is 2. The van der Waals surface area contributed by atoms with Crippen molar-refractivity contribution in [1.29, 1.82) is 0 Å². The summed E-state index contributed by atoms with van der Waals surface area (Å²) in [6.45, 7) is 5.88. The Morgan fingerprint density at radius 2 is 1.77 bits per heavy atom. The van der Waals surface area contributed by atoms with Gasteiger partial charge in [-0.3, -0.25) is 4.98 Å². The lowest BCUT2D eigenvalue weighted by molar-refractivity contribution is -0.137. The van der Waals surface area contributed by atoms with E-state index < -0.39 is 23.9 Å². The van der Waals surface area contributed by atoms with E-state index in [1.54, 1.807) is 0 Å². The highest BCUT2D eigenvalue weighted by Crippen LogP contribution is 2.54. The molecule has 162 valence electrons. The van der Waals surface area contributed by atoms with Crippen LogP contribution in [-0.4, -0.2) is 15.2 Å². The summed E-state index contributed by atoms with van der Waals surface area (Å²) < 4.78 is 38.7. The van der Waals surface area contributed by atoms with Gasteiger partial charge in [0, 0.05) is 22.5 Å². The second-order valence-electron chi connectivity index (χ2n) is 9.32. The molecule has 1 fully saturated rings. The predicted octanol–water partition coefficient (Wildman–Crippen LogP) is 5.76. The predicted molar refractivity (Wildman–Crippen MR) is 108 cm³/mol. The Hall–Kier alpha value is -1.92. The topological polar surface area (TPSA) is 53.4 Å². The number of benzene rings is 1. The van der Waals surface area contributed by atoms with Crippen LogP contribution in [0.4, 0.5) is 13.2 Å². The molecule has 2 aliphatic carbocycles. The van der Waals surface area contributed by atoms with Gasteiger partial charge >= 0.3 is 6.18 Å². The maximum atomic E-state index is 12.9. The van der Waals surface area contributed by atoms with E-state index in [2.05, 4.69) is 0 Å². The van der Waals surface area contributed by atoms with Crippen LogP contribution in [0.25, 0.3) is 0 Å². The van der Waals surface area contributed by atoms with Crippen molar-refractivity contribution in [1.82, 2.24) is 4.98 Å². The summed E-state index contributed by atoms with van der Waals surface area (Å²) in [5.74, 6) is 0.0320. The highest BCUT2D eigenvalue weighted by Gasteiger charge is 2.45. The molecule has 4 rings (SSSR count). The van der Waals surface area contributed by atoms with E-state index in [1.165, 1.54) is 18.6 Å². The number of aromatic nitrogens is 1. The smallest absolute Gasteiger partial charge is 0.388 e. The number of alkyl halides is 3. The number of halogens is 3. The van der Waals surface area contributed by atoms with Crippen molar-refractivity contribution in [3.05, 3.63) is 63.5 Å². The third kappa shape index (κ3) is 3.54. The van der Waals surface area contributed by atoms with E-state index in [9.17, 15) is 23.4 Å². The van der Waals surface area contributed by atoms with Gasteiger partial charge in [0.05, 0.1) is 11.7 Å². The number of nitrogens with zero attached hydrogens (tertiary/aromatic N) is 1. The molecule has 0 radical (unpaired) electrons. The molecule has 2 aromatic rings. The van der Waals surface area contributed by atoms with Crippen molar-refractivity contribution in [3.8, 4) is 0 Å². The first-order chi connectivity index (χ1) is 14.0. The van der Waals surface area contributed by atoms with E-state index in [-0.39, 0.29) is 11.3 Å². The first-order valence-corrected chi connectivity index (χ1v) is 10.6. The van der Waals surface area contributed by atoms with Gasteiger partial charge in [0.25, 0.3) is 0 Å². The Bertz CT molecular complexity index is 946. The molecule has 1 spiro atoms. The van der Waals surface area contributed by atoms with Crippen LogP contribution in [0, 0.1) is 12.3 Å². The highest BCUT2D eigenvalue weighted by molar-refractivity contribution is 5.48. The fourth-order valence-electron chi connectivity index (χ4n) is 5.20. The molecule has 0 amide bonds. The monoisotopic (exact) mass is 419 g/mol. The SMILES string of the molecule is Cc1c([C@@H](O)c2ccc(C(F)(F)F)cc2)c(C(C)C)nc2c1[C@@H](O)CC1(CCC1)C2. The van der Waals surface area contributed by atoms with Gasteiger partial charge in [0.1, 0.15) is 6.10 Å². The minimum atomic E-state index is -4.42.